The third-order valence-corrected chi connectivity index (χ3v) is 3.36. The Morgan fingerprint density at radius 3 is 2.67 bits per heavy atom. The number of nitrogens with one attached hydrogen (secondary N) is 1. The summed E-state index contributed by atoms with van der Waals surface area (Å²) in [4.78, 5) is 0. The lowest BCUT2D eigenvalue weighted by atomic mass is 9.99. The zero-order valence-electron chi connectivity index (χ0n) is 12.5. The first-order valence-electron chi connectivity index (χ1n) is 7.05. The van der Waals surface area contributed by atoms with Crippen molar-refractivity contribution < 1.29 is 8.78 Å². The van der Waals surface area contributed by atoms with Crippen molar-refractivity contribution in [2.75, 3.05) is 6.54 Å². The van der Waals surface area contributed by atoms with Crippen LogP contribution < -0.4 is 5.32 Å². The molecule has 0 bridgehead atoms. The maximum Gasteiger partial charge on any atom is 0.130 e. The normalized spacial score (nSPS) is 12.6. The Morgan fingerprint density at radius 2 is 2.05 bits per heavy atom. The molecule has 0 aliphatic carbocycles. The average molecular weight is 294 g/mol. The van der Waals surface area contributed by atoms with Crippen molar-refractivity contribution >= 4 is 0 Å². The van der Waals surface area contributed by atoms with E-state index in [1.165, 1.54) is 0 Å². The second-order valence-corrected chi connectivity index (χ2v) is 5.22. The molecule has 2 rings (SSSR count). The van der Waals surface area contributed by atoms with Crippen molar-refractivity contribution in [1.29, 1.82) is 0 Å². The number of aromatic nitrogens is 3. The van der Waals surface area contributed by atoms with E-state index in [0.717, 1.165) is 24.7 Å². The van der Waals surface area contributed by atoms with Crippen molar-refractivity contribution in [2.24, 2.45) is 7.05 Å². The minimum Gasteiger partial charge on any atom is -0.310 e. The van der Waals surface area contributed by atoms with Crippen molar-refractivity contribution in [3.63, 3.8) is 0 Å². The molecule has 1 heterocycles. The van der Waals surface area contributed by atoms with Crippen LogP contribution in [0.4, 0.5) is 8.78 Å². The van der Waals surface area contributed by atoms with Gasteiger partial charge in [-0.15, -0.1) is 5.10 Å². The third-order valence-electron chi connectivity index (χ3n) is 3.36. The van der Waals surface area contributed by atoms with Crippen molar-refractivity contribution in [1.82, 2.24) is 20.3 Å². The summed E-state index contributed by atoms with van der Waals surface area (Å²) in [7, 11) is 1.79. The molecular formula is C15H20F2N4. The van der Waals surface area contributed by atoms with E-state index in [1.54, 1.807) is 30.9 Å². The zero-order valence-corrected chi connectivity index (χ0v) is 12.5. The molecule has 0 saturated heterocycles. The van der Waals surface area contributed by atoms with Gasteiger partial charge in [-0.3, -0.25) is 4.68 Å². The van der Waals surface area contributed by atoms with Crippen molar-refractivity contribution in [3.8, 4) is 0 Å². The van der Waals surface area contributed by atoms with E-state index in [-0.39, 0.29) is 6.04 Å². The molecule has 6 heteroatoms. The summed E-state index contributed by atoms with van der Waals surface area (Å²) in [6, 6.07) is 2.26. The largest absolute Gasteiger partial charge is 0.310 e. The van der Waals surface area contributed by atoms with Crippen LogP contribution in [-0.2, 0) is 13.5 Å². The minimum atomic E-state index is -0.532. The summed E-state index contributed by atoms with van der Waals surface area (Å²) in [6.07, 6.45) is 3.24. The Morgan fingerprint density at radius 1 is 1.29 bits per heavy atom. The molecule has 0 spiro atoms. The molecule has 1 aromatic heterocycles. The fourth-order valence-corrected chi connectivity index (χ4v) is 2.26. The monoisotopic (exact) mass is 294 g/mol. The molecule has 0 saturated carbocycles. The van der Waals surface area contributed by atoms with Crippen LogP contribution in [0.2, 0.25) is 0 Å². The van der Waals surface area contributed by atoms with Gasteiger partial charge in [-0.25, -0.2) is 8.78 Å². The van der Waals surface area contributed by atoms with Crippen LogP contribution in [-0.4, -0.2) is 21.5 Å². The average Bonchev–Trinajstić information content (AvgIpc) is 2.84. The van der Waals surface area contributed by atoms with Gasteiger partial charge in [-0.05, 0) is 31.5 Å². The van der Waals surface area contributed by atoms with Crippen LogP contribution in [0.5, 0.6) is 0 Å². The Labute approximate surface area is 123 Å². The summed E-state index contributed by atoms with van der Waals surface area (Å²) < 4.78 is 29.1. The van der Waals surface area contributed by atoms with Crippen LogP contribution in [0.25, 0.3) is 0 Å². The van der Waals surface area contributed by atoms with Gasteiger partial charge < -0.3 is 5.32 Å². The highest BCUT2D eigenvalue weighted by molar-refractivity contribution is 5.29. The lowest BCUT2D eigenvalue weighted by Gasteiger charge is -2.19. The van der Waals surface area contributed by atoms with Gasteiger partial charge >= 0.3 is 0 Å². The standard InChI is InChI=1S/C15H20F2N4/c1-4-5-18-15(7-11-9-21(3)20-19-11)12-6-10(2)13(16)8-14(12)17/h6,8-9,15,18H,4-5,7H2,1-3H3. The van der Waals surface area contributed by atoms with E-state index in [0.29, 0.717) is 17.5 Å². The molecule has 21 heavy (non-hydrogen) atoms. The molecule has 0 amide bonds. The fourth-order valence-electron chi connectivity index (χ4n) is 2.26. The molecule has 1 unspecified atom stereocenters. The summed E-state index contributed by atoms with van der Waals surface area (Å²) in [5.41, 5.74) is 1.68. The summed E-state index contributed by atoms with van der Waals surface area (Å²) >= 11 is 0. The van der Waals surface area contributed by atoms with Gasteiger partial charge in [-0.1, -0.05) is 12.1 Å². The van der Waals surface area contributed by atoms with Crippen molar-refractivity contribution in [2.45, 2.75) is 32.7 Å². The lowest BCUT2D eigenvalue weighted by Crippen LogP contribution is -2.25. The van der Waals surface area contributed by atoms with Gasteiger partial charge in [0.25, 0.3) is 0 Å². The lowest BCUT2D eigenvalue weighted by molar-refractivity contribution is 0.486. The number of benzene rings is 1. The van der Waals surface area contributed by atoms with E-state index in [2.05, 4.69) is 15.6 Å². The first-order valence-corrected chi connectivity index (χ1v) is 7.05. The van der Waals surface area contributed by atoms with E-state index in [9.17, 15) is 8.78 Å². The van der Waals surface area contributed by atoms with Crippen LogP contribution in [0.1, 0.15) is 36.2 Å². The van der Waals surface area contributed by atoms with Gasteiger partial charge in [0.05, 0.1) is 5.69 Å². The second-order valence-electron chi connectivity index (χ2n) is 5.22. The predicted octanol–water partition coefficient (Wildman–Crippen LogP) is 2.69. The van der Waals surface area contributed by atoms with E-state index in [1.807, 2.05) is 6.92 Å². The quantitative estimate of drug-likeness (QED) is 0.890. The Balaban J connectivity index is 2.28. The molecule has 0 aliphatic heterocycles. The van der Waals surface area contributed by atoms with E-state index in [4.69, 9.17) is 0 Å². The molecular weight excluding hydrogens is 274 g/mol. The van der Waals surface area contributed by atoms with Crippen LogP contribution in [0.3, 0.4) is 0 Å². The molecule has 0 fully saturated rings. The number of hydrogen-bond donors (Lipinski definition) is 1. The number of hydrogen-bond acceptors (Lipinski definition) is 3. The predicted molar refractivity (Wildman–Crippen MR) is 76.8 cm³/mol. The second kappa shape index (κ2) is 6.76. The first-order chi connectivity index (χ1) is 10.0. The highest BCUT2D eigenvalue weighted by Gasteiger charge is 2.19. The first kappa shape index (κ1) is 15.6. The molecule has 1 N–H and O–H groups in total. The van der Waals surface area contributed by atoms with E-state index < -0.39 is 11.6 Å². The van der Waals surface area contributed by atoms with Crippen LogP contribution in [0.15, 0.2) is 18.3 Å². The molecule has 4 nitrogen and oxygen atoms in total. The highest BCUT2D eigenvalue weighted by Crippen LogP contribution is 2.23. The minimum absolute atomic E-state index is 0.249. The number of aryl methyl sites for hydroxylation is 2. The molecule has 0 radical (unpaired) electrons. The fraction of sp³-hybridized carbons (Fsp3) is 0.467. The molecule has 1 atom stereocenters. The number of halogens is 2. The third kappa shape index (κ3) is 3.85. The van der Waals surface area contributed by atoms with Crippen LogP contribution >= 0.6 is 0 Å². The van der Waals surface area contributed by atoms with Gasteiger partial charge in [0.15, 0.2) is 0 Å². The Bertz CT molecular complexity index is 610. The number of rotatable bonds is 6. The zero-order chi connectivity index (χ0) is 15.4. The summed E-state index contributed by atoms with van der Waals surface area (Å²) in [5.74, 6) is -1.06. The molecule has 0 aliphatic rings. The molecule has 2 aromatic rings. The molecule has 114 valence electrons. The van der Waals surface area contributed by atoms with Crippen molar-refractivity contribution in [3.05, 3.63) is 46.8 Å². The molecule has 1 aromatic carbocycles. The van der Waals surface area contributed by atoms with Gasteiger partial charge in [0.1, 0.15) is 11.6 Å². The maximum atomic E-state index is 14.1. The van der Waals surface area contributed by atoms with Gasteiger partial charge in [0.2, 0.25) is 0 Å². The maximum absolute atomic E-state index is 14.1. The van der Waals surface area contributed by atoms with Gasteiger partial charge in [0, 0.05) is 37.3 Å². The SMILES string of the molecule is CCCNC(Cc1cn(C)nn1)c1cc(C)c(F)cc1F. The van der Waals surface area contributed by atoms with Crippen LogP contribution in [0, 0.1) is 18.6 Å². The van der Waals surface area contributed by atoms with E-state index >= 15 is 0 Å². The smallest absolute Gasteiger partial charge is 0.130 e. The van der Waals surface area contributed by atoms with Gasteiger partial charge in [-0.2, -0.15) is 0 Å². The summed E-state index contributed by atoms with van der Waals surface area (Å²) in [6.45, 7) is 4.43. The highest BCUT2D eigenvalue weighted by atomic mass is 19.1. The summed E-state index contributed by atoms with van der Waals surface area (Å²) in [5, 5.41) is 11.2. The Kier molecular flexibility index (Phi) is 5.01. The topological polar surface area (TPSA) is 42.7 Å². The number of nitrogens with zero attached hydrogens (tertiary/aromatic N) is 3. The Hall–Kier alpha value is -1.82.